The molecule has 3 rings (SSSR count). The minimum absolute atomic E-state index is 0.0520. The van der Waals surface area contributed by atoms with Crippen molar-refractivity contribution >= 4 is 40.3 Å². The van der Waals surface area contributed by atoms with Crippen molar-refractivity contribution in [2.24, 2.45) is 5.73 Å². The van der Waals surface area contributed by atoms with E-state index in [1.165, 1.54) is 11.9 Å². The Balaban J connectivity index is 1.96. The van der Waals surface area contributed by atoms with Crippen LogP contribution in [0.15, 0.2) is 60.7 Å². The average molecular weight is 547 g/mol. The van der Waals surface area contributed by atoms with Crippen LogP contribution >= 0.6 is 0 Å². The van der Waals surface area contributed by atoms with Gasteiger partial charge in [-0.05, 0) is 75.1 Å². The number of carbonyl (C=O) groups excluding carboxylic acids is 4. The van der Waals surface area contributed by atoms with Gasteiger partial charge in [-0.1, -0.05) is 54.1 Å². The molecule has 9 heteroatoms. The van der Waals surface area contributed by atoms with E-state index in [1.807, 2.05) is 74.5 Å². The lowest BCUT2D eigenvalue weighted by Crippen LogP contribution is -2.51. The number of likely N-dealkylation sites (N-methyl/N-ethyl adjacent to an activating group) is 1. The SMILES string of the molecule is Cc1ccc(C)c(C(C(=O)Nc2ccc3ccccc3c2)N(C)C(=O)C(CCC(N)=O)NC(=O)OC(C)(C)C)c1. The van der Waals surface area contributed by atoms with E-state index >= 15 is 0 Å². The molecule has 0 heterocycles. The van der Waals surface area contributed by atoms with Gasteiger partial charge in [-0.15, -0.1) is 0 Å². The Morgan fingerprint density at radius 1 is 0.950 bits per heavy atom. The third-order valence-electron chi connectivity index (χ3n) is 6.40. The fourth-order valence-corrected chi connectivity index (χ4v) is 4.42. The van der Waals surface area contributed by atoms with Crippen molar-refractivity contribution in [3.8, 4) is 0 Å². The van der Waals surface area contributed by atoms with Crippen molar-refractivity contribution in [2.75, 3.05) is 12.4 Å². The summed E-state index contributed by atoms with van der Waals surface area (Å²) < 4.78 is 5.33. The van der Waals surface area contributed by atoms with E-state index in [0.29, 0.717) is 11.3 Å². The minimum Gasteiger partial charge on any atom is -0.444 e. The second kappa shape index (κ2) is 12.6. The van der Waals surface area contributed by atoms with Crippen molar-refractivity contribution in [3.05, 3.63) is 77.4 Å². The molecule has 0 saturated heterocycles. The van der Waals surface area contributed by atoms with E-state index in [4.69, 9.17) is 10.5 Å². The van der Waals surface area contributed by atoms with E-state index in [2.05, 4.69) is 10.6 Å². The summed E-state index contributed by atoms with van der Waals surface area (Å²) in [5.74, 6) is -1.61. The van der Waals surface area contributed by atoms with Crippen LogP contribution in [0.1, 0.15) is 56.3 Å². The number of amides is 4. The van der Waals surface area contributed by atoms with Gasteiger partial charge in [0.2, 0.25) is 11.8 Å². The number of nitrogens with zero attached hydrogens (tertiary/aromatic N) is 1. The molecule has 0 aliphatic heterocycles. The zero-order valence-electron chi connectivity index (χ0n) is 23.9. The number of alkyl carbamates (subject to hydrolysis) is 1. The van der Waals surface area contributed by atoms with Gasteiger partial charge in [-0.25, -0.2) is 4.79 Å². The normalized spacial score (nSPS) is 12.8. The van der Waals surface area contributed by atoms with Crippen molar-refractivity contribution in [2.45, 2.75) is 65.1 Å². The lowest BCUT2D eigenvalue weighted by Gasteiger charge is -2.32. The molecule has 2 atom stereocenters. The number of hydrogen-bond acceptors (Lipinski definition) is 5. The number of anilines is 1. The Morgan fingerprint density at radius 2 is 1.62 bits per heavy atom. The van der Waals surface area contributed by atoms with Gasteiger partial charge in [0.1, 0.15) is 17.7 Å². The Bertz CT molecular complexity index is 1410. The number of benzene rings is 3. The van der Waals surface area contributed by atoms with Crippen molar-refractivity contribution in [1.29, 1.82) is 0 Å². The van der Waals surface area contributed by atoms with E-state index in [0.717, 1.165) is 21.9 Å². The first-order valence-electron chi connectivity index (χ1n) is 13.2. The van der Waals surface area contributed by atoms with Gasteiger partial charge >= 0.3 is 6.09 Å². The van der Waals surface area contributed by atoms with Crippen LogP contribution in [0.25, 0.3) is 10.8 Å². The largest absolute Gasteiger partial charge is 0.444 e. The van der Waals surface area contributed by atoms with Gasteiger partial charge in [0.05, 0.1) is 0 Å². The Kier molecular flexibility index (Phi) is 9.52. The predicted octanol–water partition coefficient (Wildman–Crippen LogP) is 4.75. The van der Waals surface area contributed by atoms with Gasteiger partial charge in [0.15, 0.2) is 0 Å². The molecule has 0 aliphatic carbocycles. The molecule has 0 aliphatic rings. The maximum Gasteiger partial charge on any atom is 0.408 e. The second-order valence-electron chi connectivity index (χ2n) is 11.0. The molecule has 0 saturated carbocycles. The maximum atomic E-state index is 13.9. The number of ether oxygens (including phenoxy) is 1. The fourth-order valence-electron chi connectivity index (χ4n) is 4.42. The molecule has 9 nitrogen and oxygen atoms in total. The van der Waals surface area contributed by atoms with E-state index in [1.54, 1.807) is 20.8 Å². The molecule has 0 spiro atoms. The predicted molar refractivity (Wildman–Crippen MR) is 156 cm³/mol. The van der Waals surface area contributed by atoms with Gasteiger partial charge in [-0.2, -0.15) is 0 Å². The number of nitrogens with two attached hydrogens (primary N) is 1. The highest BCUT2D eigenvalue weighted by molar-refractivity contribution is 6.00. The van der Waals surface area contributed by atoms with Crippen LogP contribution < -0.4 is 16.4 Å². The van der Waals surface area contributed by atoms with Crippen molar-refractivity contribution in [1.82, 2.24) is 10.2 Å². The minimum atomic E-state index is -1.14. The number of fused-ring (bicyclic) bond motifs is 1. The van der Waals surface area contributed by atoms with Crippen LogP contribution in [0.3, 0.4) is 0 Å². The lowest BCUT2D eigenvalue weighted by molar-refractivity contribution is -0.139. The first kappa shape index (κ1) is 30.1. The zero-order chi connectivity index (χ0) is 29.6. The molecule has 0 aromatic heterocycles. The van der Waals surface area contributed by atoms with Crippen LogP contribution in [0, 0.1) is 13.8 Å². The smallest absolute Gasteiger partial charge is 0.408 e. The average Bonchev–Trinajstić information content (AvgIpc) is 2.87. The Hall–Kier alpha value is -4.40. The molecule has 0 fully saturated rings. The Labute approximate surface area is 235 Å². The summed E-state index contributed by atoms with van der Waals surface area (Å²) in [5, 5.41) is 7.51. The molecule has 4 N–H and O–H groups in total. The molecule has 3 aromatic carbocycles. The highest BCUT2D eigenvalue weighted by atomic mass is 16.6. The van der Waals surface area contributed by atoms with Gasteiger partial charge in [-0.3, -0.25) is 14.4 Å². The molecule has 40 heavy (non-hydrogen) atoms. The van der Waals surface area contributed by atoms with Crippen LogP contribution in [-0.2, 0) is 19.1 Å². The van der Waals surface area contributed by atoms with Crippen LogP contribution in [0.5, 0.6) is 0 Å². The molecule has 212 valence electrons. The second-order valence-corrected chi connectivity index (χ2v) is 11.0. The van der Waals surface area contributed by atoms with E-state index in [-0.39, 0.29) is 12.8 Å². The van der Waals surface area contributed by atoms with Crippen molar-refractivity contribution in [3.63, 3.8) is 0 Å². The van der Waals surface area contributed by atoms with Crippen LogP contribution in [0.2, 0.25) is 0 Å². The topological polar surface area (TPSA) is 131 Å². The van der Waals surface area contributed by atoms with Crippen LogP contribution in [0.4, 0.5) is 10.5 Å². The summed E-state index contributed by atoms with van der Waals surface area (Å²) in [7, 11) is 1.50. The number of carbonyl (C=O) groups is 4. The van der Waals surface area contributed by atoms with Crippen LogP contribution in [-0.4, -0.2) is 47.4 Å². The maximum absolute atomic E-state index is 13.9. The lowest BCUT2D eigenvalue weighted by atomic mass is 9.96. The van der Waals surface area contributed by atoms with E-state index in [9.17, 15) is 19.2 Å². The van der Waals surface area contributed by atoms with Gasteiger partial charge in [0.25, 0.3) is 5.91 Å². The highest BCUT2D eigenvalue weighted by Gasteiger charge is 2.35. The molecule has 2 unspecified atom stereocenters. The number of aryl methyl sites for hydroxylation is 2. The zero-order valence-corrected chi connectivity index (χ0v) is 23.9. The number of nitrogens with one attached hydrogen (secondary N) is 2. The summed E-state index contributed by atoms with van der Waals surface area (Å²) in [6, 6.07) is 16.9. The standard InChI is InChI=1S/C31H38N4O5/c1-19-11-12-20(2)24(17-19)27(28(37)33-23-14-13-21-9-7-8-10-22(21)18-23)35(6)29(38)25(15-16-26(32)36)34-30(39)40-31(3,4)5/h7-14,17-18,25,27H,15-16H2,1-6H3,(H2,32,36)(H,33,37)(H,34,39). The third kappa shape index (κ3) is 8.05. The van der Waals surface area contributed by atoms with Gasteiger partial charge < -0.3 is 26.0 Å². The molecular formula is C31H38N4O5. The molecular weight excluding hydrogens is 508 g/mol. The summed E-state index contributed by atoms with van der Waals surface area (Å²) in [6.45, 7) is 8.88. The molecule has 3 aromatic rings. The molecule has 4 amide bonds. The first-order chi connectivity index (χ1) is 18.7. The molecule has 0 radical (unpaired) electrons. The third-order valence-corrected chi connectivity index (χ3v) is 6.40. The molecule has 0 bridgehead atoms. The van der Waals surface area contributed by atoms with Gasteiger partial charge in [0, 0.05) is 19.2 Å². The summed E-state index contributed by atoms with van der Waals surface area (Å²) in [6.07, 6.45) is -1.01. The number of rotatable bonds is 9. The number of primary amides is 1. The quantitative estimate of drug-likeness (QED) is 0.356. The first-order valence-corrected chi connectivity index (χ1v) is 13.2. The summed E-state index contributed by atoms with van der Waals surface area (Å²) in [5.41, 5.74) is 7.50. The fraction of sp³-hybridized carbons (Fsp3) is 0.355. The van der Waals surface area contributed by atoms with E-state index < -0.39 is 41.5 Å². The highest BCUT2D eigenvalue weighted by Crippen LogP contribution is 2.28. The number of hydrogen-bond donors (Lipinski definition) is 3. The van der Waals surface area contributed by atoms with Crippen molar-refractivity contribution < 1.29 is 23.9 Å². The summed E-state index contributed by atoms with van der Waals surface area (Å²) >= 11 is 0. The summed E-state index contributed by atoms with van der Waals surface area (Å²) in [4.78, 5) is 53.1. The Morgan fingerprint density at radius 3 is 2.27 bits per heavy atom. The monoisotopic (exact) mass is 546 g/mol.